The number of carbonyl (C=O) groups is 1. The van der Waals surface area contributed by atoms with Crippen LogP contribution in [0.25, 0.3) is 0 Å². The van der Waals surface area contributed by atoms with Crippen molar-refractivity contribution in [1.82, 2.24) is 0 Å². The molecule has 0 aliphatic rings. The Morgan fingerprint density at radius 3 is 2.42 bits per heavy atom. The molecule has 0 amide bonds. The molecule has 0 N–H and O–H groups in total. The van der Waals surface area contributed by atoms with E-state index in [0.717, 1.165) is 0 Å². The third kappa shape index (κ3) is 2.21. The van der Waals surface area contributed by atoms with E-state index in [9.17, 15) is 4.79 Å². The number of hydrogen-bond acceptors (Lipinski definition) is 1. The van der Waals surface area contributed by atoms with Crippen LogP contribution in [-0.2, 0) is 0 Å². The molecule has 0 spiro atoms. The van der Waals surface area contributed by atoms with E-state index < -0.39 is 0 Å². The average Bonchev–Trinajstić information content (AvgIpc) is 2.06. The fourth-order valence-corrected chi connectivity index (χ4v) is 0.988. The average molecular weight is 181 g/mol. The van der Waals surface area contributed by atoms with E-state index in [2.05, 4.69) is 0 Å². The van der Waals surface area contributed by atoms with Gasteiger partial charge in [-0.1, -0.05) is 17.7 Å². The van der Waals surface area contributed by atoms with Crippen molar-refractivity contribution in [1.29, 1.82) is 0 Å². The second-order valence-corrected chi connectivity index (χ2v) is 2.81. The molecule has 1 aromatic carbocycles. The molecule has 1 rings (SSSR count). The van der Waals surface area contributed by atoms with Gasteiger partial charge in [-0.25, -0.2) is 0 Å². The lowest BCUT2D eigenvalue weighted by atomic mass is 10.1. The number of allylic oxidation sites excluding steroid dienone is 2. The molecular weight excluding hydrogens is 172 g/mol. The van der Waals surface area contributed by atoms with Crippen LogP contribution in [0.1, 0.15) is 17.3 Å². The van der Waals surface area contributed by atoms with Gasteiger partial charge >= 0.3 is 0 Å². The van der Waals surface area contributed by atoms with Crippen LogP contribution >= 0.6 is 11.6 Å². The molecule has 12 heavy (non-hydrogen) atoms. The molecule has 0 aliphatic heterocycles. The molecular formula is C10H9ClO. The van der Waals surface area contributed by atoms with Gasteiger partial charge in [-0.2, -0.15) is 0 Å². The van der Waals surface area contributed by atoms with Gasteiger partial charge in [0.2, 0.25) is 0 Å². The zero-order chi connectivity index (χ0) is 8.97. The first-order chi connectivity index (χ1) is 5.74. The molecule has 0 unspecified atom stereocenters. The minimum Gasteiger partial charge on any atom is -0.289 e. The minimum atomic E-state index is 0.00849. The Bertz CT molecular complexity index is 298. The van der Waals surface area contributed by atoms with Gasteiger partial charge in [-0.05, 0) is 37.3 Å². The summed E-state index contributed by atoms with van der Waals surface area (Å²) in [6.07, 6.45) is 3.25. The second-order valence-electron chi connectivity index (χ2n) is 2.37. The summed E-state index contributed by atoms with van der Waals surface area (Å²) in [5.41, 5.74) is 0.664. The Morgan fingerprint density at radius 1 is 1.33 bits per heavy atom. The molecule has 0 heterocycles. The molecule has 2 heteroatoms. The first-order valence-corrected chi connectivity index (χ1v) is 4.04. The number of hydrogen-bond donors (Lipinski definition) is 0. The van der Waals surface area contributed by atoms with E-state index in [1.807, 2.05) is 6.92 Å². The summed E-state index contributed by atoms with van der Waals surface area (Å²) < 4.78 is 0. The van der Waals surface area contributed by atoms with Crippen LogP contribution in [0.2, 0.25) is 5.02 Å². The summed E-state index contributed by atoms with van der Waals surface area (Å²) in [4.78, 5) is 11.2. The van der Waals surface area contributed by atoms with Gasteiger partial charge in [0.1, 0.15) is 0 Å². The largest absolute Gasteiger partial charge is 0.289 e. The molecule has 0 radical (unpaired) electrons. The van der Waals surface area contributed by atoms with E-state index in [1.54, 1.807) is 30.3 Å². The van der Waals surface area contributed by atoms with Gasteiger partial charge in [0.05, 0.1) is 0 Å². The van der Waals surface area contributed by atoms with Crippen LogP contribution in [-0.4, -0.2) is 5.78 Å². The molecule has 0 fully saturated rings. The van der Waals surface area contributed by atoms with Crippen molar-refractivity contribution < 1.29 is 4.79 Å². The zero-order valence-corrected chi connectivity index (χ0v) is 7.51. The Balaban J connectivity index is 2.90. The summed E-state index contributed by atoms with van der Waals surface area (Å²) in [5.74, 6) is 0.00849. The third-order valence-electron chi connectivity index (χ3n) is 1.45. The highest BCUT2D eigenvalue weighted by Gasteiger charge is 1.99. The predicted octanol–water partition coefficient (Wildman–Crippen LogP) is 3.10. The Labute approximate surface area is 76.7 Å². The van der Waals surface area contributed by atoms with Crippen molar-refractivity contribution in [2.75, 3.05) is 0 Å². The molecule has 1 nitrogen and oxygen atoms in total. The Hall–Kier alpha value is -1.08. The summed E-state index contributed by atoms with van der Waals surface area (Å²) >= 11 is 5.66. The lowest BCUT2D eigenvalue weighted by Crippen LogP contribution is -1.92. The predicted molar refractivity (Wildman–Crippen MR) is 50.6 cm³/mol. The molecule has 0 saturated heterocycles. The van der Waals surface area contributed by atoms with Crippen molar-refractivity contribution in [2.45, 2.75) is 6.92 Å². The van der Waals surface area contributed by atoms with Crippen molar-refractivity contribution in [2.24, 2.45) is 0 Å². The highest BCUT2D eigenvalue weighted by molar-refractivity contribution is 6.30. The lowest BCUT2D eigenvalue weighted by molar-refractivity contribution is 0.104. The van der Waals surface area contributed by atoms with Gasteiger partial charge < -0.3 is 0 Å². The Morgan fingerprint density at radius 2 is 1.92 bits per heavy atom. The van der Waals surface area contributed by atoms with Crippen LogP contribution in [0, 0.1) is 0 Å². The summed E-state index contributed by atoms with van der Waals surface area (Å²) in [6, 6.07) is 6.84. The van der Waals surface area contributed by atoms with Crippen LogP contribution in [0.15, 0.2) is 36.4 Å². The number of benzene rings is 1. The molecule has 0 saturated carbocycles. The molecule has 0 aromatic heterocycles. The number of ketones is 1. The van der Waals surface area contributed by atoms with E-state index in [-0.39, 0.29) is 5.78 Å². The van der Waals surface area contributed by atoms with E-state index >= 15 is 0 Å². The van der Waals surface area contributed by atoms with Crippen molar-refractivity contribution >= 4 is 17.4 Å². The van der Waals surface area contributed by atoms with Crippen LogP contribution in [0.5, 0.6) is 0 Å². The monoisotopic (exact) mass is 180 g/mol. The van der Waals surface area contributed by atoms with Crippen molar-refractivity contribution in [3.8, 4) is 0 Å². The van der Waals surface area contributed by atoms with Gasteiger partial charge in [-0.15, -0.1) is 0 Å². The number of rotatable bonds is 2. The first kappa shape index (κ1) is 9.01. The van der Waals surface area contributed by atoms with Crippen molar-refractivity contribution in [3.63, 3.8) is 0 Å². The summed E-state index contributed by atoms with van der Waals surface area (Å²) in [7, 11) is 0. The molecule has 0 bridgehead atoms. The quantitative estimate of drug-likeness (QED) is 0.505. The van der Waals surface area contributed by atoms with Crippen LogP contribution in [0.4, 0.5) is 0 Å². The topological polar surface area (TPSA) is 17.1 Å². The van der Waals surface area contributed by atoms with Gasteiger partial charge in [0, 0.05) is 10.6 Å². The van der Waals surface area contributed by atoms with Crippen molar-refractivity contribution in [3.05, 3.63) is 47.0 Å². The first-order valence-electron chi connectivity index (χ1n) is 3.66. The maximum absolute atomic E-state index is 11.2. The van der Waals surface area contributed by atoms with Gasteiger partial charge in [0.25, 0.3) is 0 Å². The molecule has 0 aliphatic carbocycles. The highest BCUT2D eigenvalue weighted by Crippen LogP contribution is 2.10. The van der Waals surface area contributed by atoms with Gasteiger partial charge in [-0.3, -0.25) is 4.79 Å². The fraction of sp³-hybridized carbons (Fsp3) is 0.100. The fourth-order valence-electron chi connectivity index (χ4n) is 0.862. The third-order valence-corrected chi connectivity index (χ3v) is 1.70. The van der Waals surface area contributed by atoms with E-state index in [1.165, 1.54) is 6.08 Å². The maximum Gasteiger partial charge on any atom is 0.185 e. The SMILES string of the molecule is C/C=C\C(=O)c1ccc(Cl)cc1. The maximum atomic E-state index is 11.2. The smallest absolute Gasteiger partial charge is 0.185 e. The summed E-state index contributed by atoms with van der Waals surface area (Å²) in [6.45, 7) is 1.81. The standard InChI is InChI=1S/C10H9ClO/c1-2-3-10(12)8-4-6-9(11)7-5-8/h2-7H,1H3/b3-2-. The number of carbonyl (C=O) groups excluding carboxylic acids is 1. The number of halogens is 1. The van der Waals surface area contributed by atoms with Gasteiger partial charge in [0.15, 0.2) is 5.78 Å². The van der Waals surface area contributed by atoms with Crippen LogP contribution in [0.3, 0.4) is 0 Å². The molecule has 0 atom stereocenters. The minimum absolute atomic E-state index is 0.00849. The normalized spacial score (nSPS) is 10.5. The Kier molecular flexibility index (Phi) is 3.06. The lowest BCUT2D eigenvalue weighted by Gasteiger charge is -1.94. The van der Waals surface area contributed by atoms with E-state index in [0.29, 0.717) is 10.6 Å². The highest BCUT2D eigenvalue weighted by atomic mass is 35.5. The zero-order valence-electron chi connectivity index (χ0n) is 6.75. The second kappa shape index (κ2) is 4.07. The van der Waals surface area contributed by atoms with Crippen LogP contribution < -0.4 is 0 Å². The molecule has 62 valence electrons. The summed E-state index contributed by atoms with van der Waals surface area (Å²) in [5, 5.41) is 0.645. The molecule has 1 aromatic rings. The van der Waals surface area contributed by atoms with E-state index in [4.69, 9.17) is 11.6 Å².